The maximum atomic E-state index is 12.4. The third kappa shape index (κ3) is 3.91. The van der Waals surface area contributed by atoms with E-state index in [1.807, 2.05) is 0 Å². The molecule has 1 aromatic carbocycles. The van der Waals surface area contributed by atoms with Crippen LogP contribution in [0.1, 0.15) is 39.5 Å². The van der Waals surface area contributed by atoms with E-state index in [0.29, 0.717) is 12.1 Å². The minimum Gasteiger partial charge on any atom is -0.404 e. The zero-order chi connectivity index (χ0) is 17.5. The van der Waals surface area contributed by atoms with E-state index in [1.165, 1.54) is 18.9 Å². The molecule has 134 valence electrons. The molecular weight excluding hydrogens is 341 g/mol. The van der Waals surface area contributed by atoms with E-state index in [9.17, 15) is 13.2 Å². The average molecular weight is 363 g/mol. The summed E-state index contributed by atoms with van der Waals surface area (Å²) in [6.45, 7) is 5.07. The van der Waals surface area contributed by atoms with E-state index in [-0.39, 0.29) is 16.3 Å². The summed E-state index contributed by atoms with van der Waals surface area (Å²) in [5, 5.41) is 3.68. The van der Waals surface area contributed by atoms with Gasteiger partial charge in [0.05, 0.1) is 5.02 Å². The van der Waals surface area contributed by atoms with E-state index in [1.54, 1.807) is 12.1 Å². The fourth-order valence-electron chi connectivity index (χ4n) is 3.90. The van der Waals surface area contributed by atoms with E-state index in [2.05, 4.69) is 28.8 Å². The highest BCUT2D eigenvalue weighted by Crippen LogP contribution is 2.38. The first-order valence-electron chi connectivity index (χ1n) is 8.24. The molecule has 0 spiro atoms. The molecule has 1 saturated heterocycles. The molecule has 0 aromatic heterocycles. The van der Waals surface area contributed by atoms with Crippen LogP contribution >= 0.6 is 11.6 Å². The van der Waals surface area contributed by atoms with Crippen LogP contribution in [0.4, 0.5) is 18.9 Å². The predicted octanol–water partition coefficient (Wildman–Crippen LogP) is 4.74. The monoisotopic (exact) mass is 362 g/mol. The van der Waals surface area contributed by atoms with Crippen molar-refractivity contribution in [3.8, 4) is 5.75 Å². The molecule has 2 fully saturated rings. The van der Waals surface area contributed by atoms with Crippen LogP contribution in [0.2, 0.25) is 5.02 Å². The topological polar surface area (TPSA) is 24.5 Å². The lowest BCUT2D eigenvalue weighted by Gasteiger charge is -2.52. The average Bonchev–Trinajstić information content (AvgIpc) is 2.46. The molecule has 2 aliphatic rings. The number of alkyl halides is 3. The van der Waals surface area contributed by atoms with Crippen molar-refractivity contribution >= 4 is 17.3 Å². The van der Waals surface area contributed by atoms with Crippen LogP contribution in [0.3, 0.4) is 0 Å². The van der Waals surface area contributed by atoms with Crippen LogP contribution in [0.15, 0.2) is 18.2 Å². The number of benzene rings is 1. The van der Waals surface area contributed by atoms with Gasteiger partial charge in [0, 0.05) is 29.9 Å². The number of anilines is 1. The summed E-state index contributed by atoms with van der Waals surface area (Å²) < 4.78 is 41.2. The SMILES string of the molecule is CC1(C)CN(c2ccc(OC(F)(F)F)c(Cl)c2)[C@@H]2CCCC[C@@H]2N1. The first-order valence-corrected chi connectivity index (χ1v) is 8.62. The summed E-state index contributed by atoms with van der Waals surface area (Å²) in [6.07, 6.45) is -0.170. The maximum Gasteiger partial charge on any atom is 0.573 e. The van der Waals surface area contributed by atoms with Crippen LogP contribution < -0.4 is 15.0 Å². The third-order valence-corrected chi connectivity index (χ3v) is 5.04. The molecule has 1 aromatic rings. The lowest BCUT2D eigenvalue weighted by molar-refractivity contribution is -0.274. The van der Waals surface area contributed by atoms with Crippen molar-refractivity contribution < 1.29 is 17.9 Å². The van der Waals surface area contributed by atoms with Gasteiger partial charge in [-0.1, -0.05) is 24.4 Å². The normalized spacial score (nSPS) is 26.8. The van der Waals surface area contributed by atoms with Crippen LogP contribution in [0, 0.1) is 0 Å². The Morgan fingerprint density at radius 1 is 1.25 bits per heavy atom. The van der Waals surface area contributed by atoms with Crippen molar-refractivity contribution in [3.63, 3.8) is 0 Å². The van der Waals surface area contributed by atoms with Gasteiger partial charge in [0.1, 0.15) is 5.75 Å². The number of piperazine rings is 1. The number of halogens is 4. The van der Waals surface area contributed by atoms with Gasteiger partial charge in [-0.25, -0.2) is 0 Å². The van der Waals surface area contributed by atoms with Gasteiger partial charge in [-0.05, 0) is 44.9 Å². The van der Waals surface area contributed by atoms with Gasteiger partial charge in [0.2, 0.25) is 0 Å². The molecule has 1 heterocycles. The van der Waals surface area contributed by atoms with Crippen LogP contribution in [-0.2, 0) is 0 Å². The van der Waals surface area contributed by atoms with Crippen molar-refractivity contribution in [2.24, 2.45) is 0 Å². The highest BCUT2D eigenvalue weighted by atomic mass is 35.5. The fraction of sp³-hybridized carbons (Fsp3) is 0.647. The lowest BCUT2D eigenvalue weighted by atomic mass is 9.83. The summed E-state index contributed by atoms with van der Waals surface area (Å²) in [7, 11) is 0. The minimum atomic E-state index is -4.74. The first kappa shape index (κ1) is 17.7. The van der Waals surface area contributed by atoms with E-state index in [4.69, 9.17) is 11.6 Å². The molecule has 1 aliphatic carbocycles. The van der Waals surface area contributed by atoms with Crippen molar-refractivity contribution in [1.29, 1.82) is 0 Å². The highest BCUT2D eigenvalue weighted by Gasteiger charge is 2.40. The highest BCUT2D eigenvalue weighted by molar-refractivity contribution is 6.32. The molecule has 0 bridgehead atoms. The Morgan fingerprint density at radius 3 is 2.62 bits per heavy atom. The summed E-state index contributed by atoms with van der Waals surface area (Å²) >= 11 is 6.03. The molecule has 3 rings (SSSR count). The Morgan fingerprint density at radius 2 is 1.96 bits per heavy atom. The van der Waals surface area contributed by atoms with Gasteiger partial charge in [0.25, 0.3) is 0 Å². The summed E-state index contributed by atoms with van der Waals surface area (Å²) in [4.78, 5) is 2.28. The zero-order valence-corrected chi connectivity index (χ0v) is 14.5. The van der Waals surface area contributed by atoms with E-state index < -0.39 is 6.36 Å². The second-order valence-electron chi connectivity index (χ2n) is 7.28. The largest absolute Gasteiger partial charge is 0.573 e. The predicted molar refractivity (Wildman–Crippen MR) is 88.7 cm³/mol. The standard InChI is InChI=1S/C17H22ClF3N2O/c1-16(2)10-23(14-6-4-3-5-13(14)22-16)11-7-8-15(12(18)9-11)24-17(19,20)21/h7-9,13-14,22H,3-6,10H2,1-2H3/t13-,14+/m0/s1. The van der Waals surface area contributed by atoms with Gasteiger partial charge in [-0.15, -0.1) is 13.2 Å². The van der Waals surface area contributed by atoms with Crippen molar-refractivity contribution in [2.45, 2.75) is 63.5 Å². The smallest absolute Gasteiger partial charge is 0.404 e. The molecule has 2 atom stereocenters. The fourth-order valence-corrected chi connectivity index (χ4v) is 4.12. The van der Waals surface area contributed by atoms with Gasteiger partial charge in [-0.2, -0.15) is 0 Å². The third-order valence-electron chi connectivity index (χ3n) is 4.74. The Balaban J connectivity index is 1.87. The zero-order valence-electron chi connectivity index (χ0n) is 13.8. The van der Waals surface area contributed by atoms with Crippen molar-refractivity contribution in [2.75, 3.05) is 11.4 Å². The molecule has 7 heteroatoms. The number of nitrogens with zero attached hydrogens (tertiary/aromatic N) is 1. The van der Waals surface area contributed by atoms with Gasteiger partial charge >= 0.3 is 6.36 Å². The molecule has 3 nitrogen and oxygen atoms in total. The molecular formula is C17H22ClF3N2O. The van der Waals surface area contributed by atoms with Gasteiger partial charge in [-0.3, -0.25) is 0 Å². The lowest BCUT2D eigenvalue weighted by Crippen LogP contribution is -2.67. The Bertz CT molecular complexity index is 606. The summed E-state index contributed by atoms with van der Waals surface area (Å²) in [6, 6.07) is 5.29. The Labute approximate surface area is 145 Å². The van der Waals surface area contributed by atoms with Crippen molar-refractivity contribution in [1.82, 2.24) is 5.32 Å². The molecule has 0 amide bonds. The molecule has 1 N–H and O–H groups in total. The van der Waals surface area contributed by atoms with Crippen molar-refractivity contribution in [3.05, 3.63) is 23.2 Å². The molecule has 1 saturated carbocycles. The summed E-state index contributed by atoms with van der Waals surface area (Å²) in [5.74, 6) is -0.359. The number of rotatable bonds is 2. The number of hydrogen-bond acceptors (Lipinski definition) is 3. The second kappa shape index (κ2) is 6.30. The van der Waals surface area contributed by atoms with E-state index in [0.717, 1.165) is 25.1 Å². The van der Waals surface area contributed by atoms with Crippen LogP contribution in [0.25, 0.3) is 0 Å². The van der Waals surface area contributed by atoms with Gasteiger partial charge in [0.15, 0.2) is 0 Å². The molecule has 1 aliphatic heterocycles. The van der Waals surface area contributed by atoms with Gasteiger partial charge < -0.3 is 15.0 Å². The molecule has 0 unspecified atom stereocenters. The Hall–Kier alpha value is -1.14. The molecule has 0 radical (unpaired) electrons. The molecule has 24 heavy (non-hydrogen) atoms. The second-order valence-corrected chi connectivity index (χ2v) is 7.68. The van der Waals surface area contributed by atoms with E-state index >= 15 is 0 Å². The van der Waals surface area contributed by atoms with Crippen LogP contribution in [-0.4, -0.2) is 30.5 Å². The number of ether oxygens (including phenoxy) is 1. The Kier molecular flexibility index (Phi) is 4.64. The first-order chi connectivity index (χ1) is 11.1. The quantitative estimate of drug-likeness (QED) is 0.822. The minimum absolute atomic E-state index is 0.0199. The van der Waals surface area contributed by atoms with Crippen LogP contribution in [0.5, 0.6) is 5.75 Å². The maximum absolute atomic E-state index is 12.4. The number of hydrogen-bond donors (Lipinski definition) is 1. The summed E-state index contributed by atoms with van der Waals surface area (Å²) in [5.41, 5.74) is 0.785. The number of fused-ring (bicyclic) bond motifs is 1. The number of nitrogens with one attached hydrogen (secondary N) is 1.